The maximum atomic E-state index is 13.0. The zero-order valence-corrected chi connectivity index (χ0v) is 18.8. The summed E-state index contributed by atoms with van der Waals surface area (Å²) in [7, 11) is 0. The highest BCUT2D eigenvalue weighted by Gasteiger charge is 2.36. The molecule has 1 aromatic heterocycles. The van der Waals surface area contributed by atoms with Crippen LogP contribution in [0.15, 0.2) is 40.8 Å². The van der Waals surface area contributed by atoms with Crippen LogP contribution in [-0.4, -0.2) is 46.8 Å². The second kappa shape index (κ2) is 8.73. The number of halogens is 1. The number of carbonyl (C=O) groups excluding carboxylic acids is 2. The number of ketones is 2. The number of benzene rings is 2. The number of carbonyl (C=O) groups is 2. The Hall–Kier alpha value is -2.83. The first kappa shape index (κ1) is 22.8. The Bertz CT molecular complexity index is 1140. The van der Waals surface area contributed by atoms with E-state index in [2.05, 4.69) is 32.6 Å². The van der Waals surface area contributed by atoms with Gasteiger partial charge in [0.25, 0.3) is 0 Å². The molecule has 164 valence electrons. The van der Waals surface area contributed by atoms with Crippen molar-refractivity contribution in [2.75, 3.05) is 13.2 Å². The van der Waals surface area contributed by atoms with E-state index in [0.29, 0.717) is 35.6 Å². The van der Waals surface area contributed by atoms with Crippen LogP contribution in [-0.2, 0) is 0 Å². The minimum absolute atomic E-state index is 0. The molecule has 0 saturated heterocycles. The van der Waals surface area contributed by atoms with Gasteiger partial charge in [-0.1, -0.05) is 24.3 Å². The van der Waals surface area contributed by atoms with Crippen molar-refractivity contribution in [3.8, 4) is 11.5 Å². The molecule has 0 bridgehead atoms. The molecule has 1 aliphatic carbocycles. The molecule has 0 unspecified atom stereocenters. The largest absolute Gasteiger partial charge is 0.507 e. The molecule has 7 heteroatoms. The molecule has 1 heterocycles. The zero-order valence-electron chi connectivity index (χ0n) is 18.0. The van der Waals surface area contributed by atoms with E-state index in [4.69, 9.17) is 9.15 Å². The predicted molar refractivity (Wildman–Crippen MR) is 121 cm³/mol. The van der Waals surface area contributed by atoms with Gasteiger partial charge < -0.3 is 14.3 Å². The fourth-order valence-corrected chi connectivity index (χ4v) is 4.16. The Morgan fingerprint density at radius 2 is 1.61 bits per heavy atom. The van der Waals surface area contributed by atoms with E-state index in [-0.39, 0.29) is 52.0 Å². The first-order chi connectivity index (χ1) is 14.3. The summed E-state index contributed by atoms with van der Waals surface area (Å²) in [6.07, 6.45) is 0. The molecule has 3 aromatic rings. The van der Waals surface area contributed by atoms with E-state index >= 15 is 0 Å². The van der Waals surface area contributed by atoms with Crippen LogP contribution in [0.25, 0.3) is 11.0 Å². The number of hydrogen-bond donors (Lipinski definition) is 1. The molecule has 0 spiro atoms. The number of rotatable bonds is 6. The van der Waals surface area contributed by atoms with Gasteiger partial charge in [0.15, 0.2) is 11.5 Å². The molecule has 0 amide bonds. The third kappa shape index (κ3) is 3.93. The van der Waals surface area contributed by atoms with E-state index < -0.39 is 0 Å². The lowest BCUT2D eigenvalue weighted by Gasteiger charge is -2.30. The summed E-state index contributed by atoms with van der Waals surface area (Å²) in [5.41, 5.74) is 1.00. The van der Waals surface area contributed by atoms with Crippen LogP contribution in [0.2, 0.25) is 0 Å². The van der Waals surface area contributed by atoms with Crippen molar-refractivity contribution in [3.63, 3.8) is 0 Å². The number of fused-ring (bicyclic) bond motifs is 4. The van der Waals surface area contributed by atoms with Crippen molar-refractivity contribution in [2.45, 2.75) is 39.8 Å². The minimum Gasteiger partial charge on any atom is -0.507 e. The highest BCUT2D eigenvalue weighted by molar-refractivity contribution is 6.31. The molecule has 4 rings (SSSR count). The molecule has 0 aliphatic heterocycles. The van der Waals surface area contributed by atoms with Crippen molar-refractivity contribution in [1.82, 2.24) is 4.90 Å². The van der Waals surface area contributed by atoms with Crippen LogP contribution in [0.3, 0.4) is 0 Å². The van der Waals surface area contributed by atoms with Gasteiger partial charge in [0.05, 0.1) is 10.9 Å². The SMILES string of the molecule is CC(C)N(CCOc1cc(O)c2c3c(oc2c1)C(=O)c1ccccc1C3=O)C(C)C.Cl. The van der Waals surface area contributed by atoms with Gasteiger partial charge in [0, 0.05) is 41.9 Å². The Balaban J connectivity index is 0.00000272. The van der Waals surface area contributed by atoms with Crippen LogP contribution < -0.4 is 4.74 Å². The Morgan fingerprint density at radius 1 is 1.00 bits per heavy atom. The highest BCUT2D eigenvalue weighted by Crippen LogP contribution is 2.41. The van der Waals surface area contributed by atoms with Crippen molar-refractivity contribution in [3.05, 3.63) is 58.8 Å². The van der Waals surface area contributed by atoms with E-state index in [9.17, 15) is 14.7 Å². The van der Waals surface area contributed by atoms with Gasteiger partial charge in [-0.2, -0.15) is 0 Å². The third-order valence-corrected chi connectivity index (χ3v) is 5.54. The standard InChI is InChI=1S/C24H25NO5.ClH/c1-13(2)25(14(3)4)9-10-29-15-11-18(26)20-19(12-15)30-24-21(20)22(27)16-7-5-6-8-17(16)23(24)28;/h5-8,11-14,26H,9-10H2,1-4H3;1H. The van der Waals surface area contributed by atoms with Gasteiger partial charge in [-0.15, -0.1) is 12.4 Å². The summed E-state index contributed by atoms with van der Waals surface area (Å²) in [6, 6.07) is 10.5. The van der Waals surface area contributed by atoms with Crippen molar-refractivity contribution < 1.29 is 23.8 Å². The second-order valence-corrected chi connectivity index (χ2v) is 8.10. The molecule has 0 fully saturated rings. The number of furan rings is 1. The Labute approximate surface area is 187 Å². The average molecular weight is 444 g/mol. The van der Waals surface area contributed by atoms with Crippen molar-refractivity contribution in [2.24, 2.45) is 0 Å². The van der Waals surface area contributed by atoms with Crippen molar-refractivity contribution in [1.29, 1.82) is 0 Å². The third-order valence-electron chi connectivity index (χ3n) is 5.54. The lowest BCUT2D eigenvalue weighted by Crippen LogP contribution is -2.39. The average Bonchev–Trinajstić information content (AvgIpc) is 3.09. The molecule has 2 aromatic carbocycles. The zero-order chi connectivity index (χ0) is 21.6. The molecule has 6 nitrogen and oxygen atoms in total. The van der Waals surface area contributed by atoms with Crippen LogP contribution in [0, 0.1) is 0 Å². The smallest absolute Gasteiger partial charge is 0.229 e. The number of phenolic OH excluding ortho intramolecular Hbond substituents is 1. The van der Waals surface area contributed by atoms with Crippen LogP contribution in [0.5, 0.6) is 11.5 Å². The fourth-order valence-electron chi connectivity index (χ4n) is 4.16. The number of phenols is 1. The normalized spacial score (nSPS) is 13.0. The molecular weight excluding hydrogens is 418 g/mol. The Morgan fingerprint density at radius 3 is 2.23 bits per heavy atom. The molecule has 31 heavy (non-hydrogen) atoms. The lowest BCUT2D eigenvalue weighted by molar-refractivity contribution is 0.0962. The van der Waals surface area contributed by atoms with Crippen LogP contribution in [0.4, 0.5) is 0 Å². The molecule has 1 aliphatic rings. The van der Waals surface area contributed by atoms with Crippen LogP contribution >= 0.6 is 12.4 Å². The van der Waals surface area contributed by atoms with Gasteiger partial charge in [-0.3, -0.25) is 14.5 Å². The topological polar surface area (TPSA) is 80.0 Å². The van der Waals surface area contributed by atoms with E-state index in [0.717, 1.165) is 6.54 Å². The molecule has 0 saturated carbocycles. The summed E-state index contributed by atoms with van der Waals surface area (Å²) in [6.45, 7) is 9.71. The van der Waals surface area contributed by atoms with Gasteiger partial charge in [-0.05, 0) is 27.7 Å². The molecule has 0 atom stereocenters. The first-order valence-corrected chi connectivity index (χ1v) is 10.2. The van der Waals surface area contributed by atoms with Crippen molar-refractivity contribution >= 4 is 34.9 Å². The van der Waals surface area contributed by atoms with Gasteiger partial charge in [0.1, 0.15) is 23.7 Å². The summed E-state index contributed by atoms with van der Waals surface area (Å²) < 4.78 is 11.6. The maximum absolute atomic E-state index is 13.0. The lowest BCUT2D eigenvalue weighted by atomic mass is 9.87. The Kier molecular flexibility index (Phi) is 6.43. The highest BCUT2D eigenvalue weighted by atomic mass is 35.5. The summed E-state index contributed by atoms with van der Waals surface area (Å²) in [4.78, 5) is 28.1. The fraction of sp³-hybridized carbons (Fsp3) is 0.333. The predicted octanol–water partition coefficient (Wildman–Crippen LogP) is 4.83. The number of ether oxygens (including phenoxy) is 1. The van der Waals surface area contributed by atoms with Gasteiger partial charge in [-0.25, -0.2) is 0 Å². The summed E-state index contributed by atoms with van der Waals surface area (Å²) in [5.74, 6) is -0.435. The van der Waals surface area contributed by atoms with Gasteiger partial charge in [0.2, 0.25) is 5.78 Å². The quantitative estimate of drug-likeness (QED) is 0.459. The first-order valence-electron chi connectivity index (χ1n) is 10.2. The summed E-state index contributed by atoms with van der Waals surface area (Å²) >= 11 is 0. The molecular formula is C24H26ClNO5. The van der Waals surface area contributed by atoms with E-state index in [1.54, 1.807) is 30.3 Å². The number of hydrogen-bond acceptors (Lipinski definition) is 6. The molecule has 0 radical (unpaired) electrons. The number of aromatic hydroxyl groups is 1. The second-order valence-electron chi connectivity index (χ2n) is 8.10. The minimum atomic E-state index is -0.359. The van der Waals surface area contributed by atoms with Gasteiger partial charge >= 0.3 is 0 Å². The van der Waals surface area contributed by atoms with E-state index in [1.807, 2.05) is 0 Å². The molecule has 1 N–H and O–H groups in total. The monoisotopic (exact) mass is 443 g/mol. The van der Waals surface area contributed by atoms with Crippen LogP contribution in [0.1, 0.15) is 59.7 Å². The number of nitrogens with zero attached hydrogens (tertiary/aromatic N) is 1. The summed E-state index contributed by atoms with van der Waals surface area (Å²) in [5, 5.41) is 10.9. The maximum Gasteiger partial charge on any atom is 0.229 e. The van der Waals surface area contributed by atoms with E-state index in [1.165, 1.54) is 6.07 Å².